The lowest BCUT2D eigenvalue weighted by Crippen LogP contribution is -2.46. The van der Waals surface area contributed by atoms with Crippen LogP contribution in [-0.2, 0) is 6.42 Å². The number of rotatable bonds is 4. The topological polar surface area (TPSA) is 49.3 Å². The fourth-order valence-electron chi connectivity index (χ4n) is 3.55. The number of hydrogen-bond donors (Lipinski definition) is 2. The minimum absolute atomic E-state index is 0. The van der Waals surface area contributed by atoms with Crippen LogP contribution in [0.25, 0.3) is 0 Å². The van der Waals surface area contributed by atoms with Crippen molar-refractivity contribution in [3.05, 3.63) is 29.6 Å². The maximum absolute atomic E-state index is 4.37. The van der Waals surface area contributed by atoms with Gasteiger partial charge in [0.05, 0.1) is 0 Å². The van der Waals surface area contributed by atoms with Gasteiger partial charge >= 0.3 is 0 Å². The first-order valence-electron chi connectivity index (χ1n) is 8.45. The van der Waals surface area contributed by atoms with Gasteiger partial charge in [-0.1, -0.05) is 13.8 Å². The lowest BCUT2D eigenvalue weighted by molar-refractivity contribution is 0.255. The molecule has 1 saturated carbocycles. The van der Waals surface area contributed by atoms with E-state index in [9.17, 15) is 0 Å². The van der Waals surface area contributed by atoms with Crippen LogP contribution in [0.1, 0.15) is 44.2 Å². The van der Waals surface area contributed by atoms with Crippen molar-refractivity contribution in [1.29, 1.82) is 0 Å². The summed E-state index contributed by atoms with van der Waals surface area (Å²) in [6.07, 6.45) is 8.62. The monoisotopic (exact) mass is 430 g/mol. The van der Waals surface area contributed by atoms with Crippen LogP contribution in [0.4, 0.5) is 0 Å². The zero-order chi connectivity index (χ0) is 15.9. The molecule has 0 saturated heterocycles. The van der Waals surface area contributed by atoms with Crippen LogP contribution >= 0.6 is 24.0 Å². The fraction of sp³-hybridized carbons (Fsp3) is 0.667. The van der Waals surface area contributed by atoms with Crippen molar-refractivity contribution in [3.63, 3.8) is 0 Å². The Kier molecular flexibility index (Phi) is 8.87. The molecule has 5 heteroatoms. The average molecular weight is 430 g/mol. The Bertz CT molecular complexity index is 494. The smallest absolute Gasteiger partial charge is 0.191 e. The molecule has 4 nitrogen and oxygen atoms in total. The van der Waals surface area contributed by atoms with Crippen molar-refractivity contribution >= 4 is 29.9 Å². The molecular weight excluding hydrogens is 399 g/mol. The van der Waals surface area contributed by atoms with Gasteiger partial charge in [-0.15, -0.1) is 24.0 Å². The van der Waals surface area contributed by atoms with Crippen LogP contribution in [-0.4, -0.2) is 30.6 Å². The largest absolute Gasteiger partial charge is 0.356 e. The summed E-state index contributed by atoms with van der Waals surface area (Å²) in [5.74, 6) is 2.54. The molecule has 1 fully saturated rings. The molecule has 0 aromatic carbocycles. The minimum Gasteiger partial charge on any atom is -0.356 e. The quantitative estimate of drug-likeness (QED) is 0.437. The summed E-state index contributed by atoms with van der Waals surface area (Å²) < 4.78 is 0. The molecule has 1 aromatic rings. The maximum Gasteiger partial charge on any atom is 0.191 e. The summed E-state index contributed by atoms with van der Waals surface area (Å²) in [7, 11) is 1.85. The van der Waals surface area contributed by atoms with Crippen LogP contribution in [0.15, 0.2) is 23.5 Å². The van der Waals surface area contributed by atoms with E-state index in [1.54, 1.807) is 0 Å². The molecule has 23 heavy (non-hydrogen) atoms. The van der Waals surface area contributed by atoms with Crippen molar-refractivity contribution in [1.82, 2.24) is 15.6 Å². The number of guanidine groups is 1. The molecule has 0 aliphatic heterocycles. The molecule has 1 aliphatic carbocycles. The Morgan fingerprint density at radius 2 is 1.96 bits per heavy atom. The average Bonchev–Trinajstić information content (AvgIpc) is 2.47. The van der Waals surface area contributed by atoms with Gasteiger partial charge in [-0.05, 0) is 61.6 Å². The van der Waals surface area contributed by atoms with E-state index in [4.69, 9.17) is 0 Å². The summed E-state index contributed by atoms with van der Waals surface area (Å²) in [6, 6.07) is 2.64. The summed E-state index contributed by atoms with van der Waals surface area (Å²) in [5.41, 5.74) is 2.60. The molecule has 1 heterocycles. The van der Waals surface area contributed by atoms with Gasteiger partial charge in [0.25, 0.3) is 0 Å². The molecule has 2 atom stereocenters. The van der Waals surface area contributed by atoms with E-state index in [0.29, 0.717) is 6.04 Å². The van der Waals surface area contributed by atoms with E-state index in [2.05, 4.69) is 47.4 Å². The third-order valence-electron chi connectivity index (χ3n) is 4.57. The molecule has 0 spiro atoms. The number of nitrogens with one attached hydrogen (secondary N) is 2. The zero-order valence-corrected chi connectivity index (χ0v) is 17.1. The molecule has 0 bridgehead atoms. The highest BCUT2D eigenvalue weighted by Gasteiger charge is 2.24. The Labute approximate surface area is 158 Å². The van der Waals surface area contributed by atoms with Gasteiger partial charge in [-0.25, -0.2) is 0 Å². The van der Waals surface area contributed by atoms with Crippen LogP contribution in [0, 0.1) is 18.8 Å². The Hall–Kier alpha value is -0.850. The van der Waals surface area contributed by atoms with Crippen molar-refractivity contribution in [2.24, 2.45) is 16.8 Å². The van der Waals surface area contributed by atoms with Gasteiger partial charge < -0.3 is 10.6 Å². The molecule has 0 radical (unpaired) electrons. The minimum atomic E-state index is 0. The molecule has 2 unspecified atom stereocenters. The molecule has 0 amide bonds. The fourth-order valence-corrected chi connectivity index (χ4v) is 3.55. The van der Waals surface area contributed by atoms with E-state index in [1.165, 1.54) is 30.4 Å². The van der Waals surface area contributed by atoms with E-state index in [0.717, 1.165) is 30.8 Å². The van der Waals surface area contributed by atoms with Crippen LogP contribution < -0.4 is 10.6 Å². The molecule has 2 N–H and O–H groups in total. The number of hydrogen-bond acceptors (Lipinski definition) is 2. The SMILES string of the molecule is CN=C(NCCc1ccncc1C)NC1CC(C)CC(C)C1.I. The van der Waals surface area contributed by atoms with Gasteiger partial charge in [-0.2, -0.15) is 0 Å². The number of pyridine rings is 1. The number of halogens is 1. The van der Waals surface area contributed by atoms with Crippen molar-refractivity contribution in [2.75, 3.05) is 13.6 Å². The van der Waals surface area contributed by atoms with E-state index >= 15 is 0 Å². The second-order valence-corrected chi connectivity index (χ2v) is 6.81. The molecule has 1 aromatic heterocycles. The van der Waals surface area contributed by atoms with Gasteiger partial charge in [0.2, 0.25) is 0 Å². The first-order valence-corrected chi connectivity index (χ1v) is 8.45. The van der Waals surface area contributed by atoms with Crippen LogP contribution in [0.2, 0.25) is 0 Å². The third kappa shape index (κ3) is 6.65. The number of nitrogens with zero attached hydrogens (tertiary/aromatic N) is 2. The predicted molar refractivity (Wildman–Crippen MR) is 109 cm³/mol. The standard InChI is InChI=1S/C18H30N4.HI/c1-13-9-14(2)11-17(10-13)22-18(19-4)21-8-6-16-5-7-20-12-15(16)3;/h5,7,12-14,17H,6,8-11H2,1-4H3,(H2,19,21,22);1H. The maximum atomic E-state index is 4.37. The first kappa shape index (κ1) is 20.2. The van der Waals surface area contributed by atoms with E-state index < -0.39 is 0 Å². The highest BCUT2D eigenvalue weighted by molar-refractivity contribution is 14.0. The Morgan fingerprint density at radius 1 is 1.26 bits per heavy atom. The molecular formula is C18H31IN4. The number of aryl methyl sites for hydroxylation is 1. The van der Waals surface area contributed by atoms with Gasteiger partial charge in [-0.3, -0.25) is 9.98 Å². The normalized spacial score (nSPS) is 24.7. The van der Waals surface area contributed by atoms with Crippen LogP contribution in [0.3, 0.4) is 0 Å². The lowest BCUT2D eigenvalue weighted by Gasteiger charge is -2.32. The van der Waals surface area contributed by atoms with Gasteiger partial charge in [0.15, 0.2) is 5.96 Å². The highest BCUT2D eigenvalue weighted by Crippen LogP contribution is 2.28. The summed E-state index contributed by atoms with van der Waals surface area (Å²) >= 11 is 0. The second kappa shape index (κ2) is 10.1. The Morgan fingerprint density at radius 3 is 2.57 bits per heavy atom. The van der Waals surface area contributed by atoms with Crippen LogP contribution in [0.5, 0.6) is 0 Å². The summed E-state index contributed by atoms with van der Waals surface area (Å²) in [4.78, 5) is 8.51. The third-order valence-corrected chi connectivity index (χ3v) is 4.57. The lowest BCUT2D eigenvalue weighted by atomic mass is 9.80. The highest BCUT2D eigenvalue weighted by atomic mass is 127. The molecule has 1 aliphatic rings. The van der Waals surface area contributed by atoms with E-state index in [1.807, 2.05) is 19.4 Å². The summed E-state index contributed by atoms with van der Waals surface area (Å²) in [5, 5.41) is 7.03. The second-order valence-electron chi connectivity index (χ2n) is 6.81. The first-order chi connectivity index (χ1) is 10.6. The van der Waals surface area contributed by atoms with Gasteiger partial charge in [0.1, 0.15) is 0 Å². The predicted octanol–water partition coefficient (Wildman–Crippen LogP) is 3.54. The molecule has 2 rings (SSSR count). The number of aromatic nitrogens is 1. The van der Waals surface area contributed by atoms with Crippen molar-refractivity contribution < 1.29 is 0 Å². The summed E-state index contributed by atoms with van der Waals surface area (Å²) in [6.45, 7) is 7.71. The Balaban J connectivity index is 0.00000264. The zero-order valence-electron chi connectivity index (χ0n) is 14.8. The van der Waals surface area contributed by atoms with Crippen molar-refractivity contribution in [3.8, 4) is 0 Å². The van der Waals surface area contributed by atoms with E-state index in [-0.39, 0.29) is 24.0 Å². The molecule has 130 valence electrons. The van der Waals surface area contributed by atoms with Crippen molar-refractivity contribution in [2.45, 2.75) is 52.5 Å². The van der Waals surface area contributed by atoms with Gasteiger partial charge in [0, 0.05) is 32.0 Å². The number of aliphatic imine (C=N–C) groups is 1.